The van der Waals surface area contributed by atoms with Gasteiger partial charge in [0.25, 0.3) is 0 Å². The summed E-state index contributed by atoms with van der Waals surface area (Å²) in [7, 11) is -2.04. The molecule has 16 heavy (non-hydrogen) atoms. The average Bonchev–Trinajstić information content (AvgIpc) is 2.14. The van der Waals surface area contributed by atoms with Gasteiger partial charge in [0.15, 0.2) is 6.29 Å². The van der Waals surface area contributed by atoms with Gasteiger partial charge < -0.3 is 14.8 Å². The predicted octanol–water partition coefficient (Wildman–Crippen LogP) is 0.0775. The number of aldehydes is 1. The fourth-order valence-electron chi connectivity index (χ4n) is 1.13. The lowest BCUT2D eigenvalue weighted by Gasteiger charge is -2.12. The second kappa shape index (κ2) is 4.54. The van der Waals surface area contributed by atoms with E-state index in [1.165, 1.54) is 0 Å². The van der Waals surface area contributed by atoms with Crippen LogP contribution in [-0.4, -0.2) is 29.8 Å². The Morgan fingerprint density at radius 1 is 1.31 bits per heavy atom. The van der Waals surface area contributed by atoms with Gasteiger partial charge in [-0.05, 0) is 11.5 Å². The maximum Gasteiger partial charge on any atom is 0.573 e. The van der Waals surface area contributed by atoms with Crippen molar-refractivity contribution in [3.8, 4) is 5.75 Å². The van der Waals surface area contributed by atoms with Crippen molar-refractivity contribution in [1.82, 2.24) is 0 Å². The second-order valence-corrected chi connectivity index (χ2v) is 2.80. The molecule has 1 rings (SSSR count). The minimum Gasteiger partial charge on any atom is -0.423 e. The quantitative estimate of drug-likeness (QED) is 0.573. The molecule has 1 aromatic rings. The maximum absolute atomic E-state index is 11.9. The first-order valence-corrected chi connectivity index (χ1v) is 4.05. The third kappa shape index (κ3) is 2.98. The van der Waals surface area contributed by atoms with E-state index in [1.54, 1.807) is 0 Å². The Bertz CT molecular complexity index is 391. The van der Waals surface area contributed by atoms with E-state index >= 15 is 0 Å². The Balaban J connectivity index is 3.19. The van der Waals surface area contributed by atoms with Gasteiger partial charge in [0, 0.05) is 0 Å². The van der Waals surface area contributed by atoms with Crippen LogP contribution in [0.25, 0.3) is 0 Å². The Labute approximate surface area is 88.4 Å². The van der Waals surface area contributed by atoms with Gasteiger partial charge in [-0.3, -0.25) is 4.79 Å². The summed E-state index contributed by atoms with van der Waals surface area (Å²) >= 11 is 0. The van der Waals surface area contributed by atoms with Crippen LogP contribution in [0.2, 0.25) is 0 Å². The number of alkyl halides is 3. The monoisotopic (exact) mass is 234 g/mol. The molecule has 0 spiro atoms. The zero-order valence-electron chi connectivity index (χ0n) is 7.73. The van der Waals surface area contributed by atoms with Crippen molar-refractivity contribution in [3.63, 3.8) is 0 Å². The van der Waals surface area contributed by atoms with Crippen molar-refractivity contribution in [2.24, 2.45) is 0 Å². The number of hydrogen-bond donors (Lipinski definition) is 2. The van der Waals surface area contributed by atoms with Crippen LogP contribution < -0.4 is 10.2 Å². The Morgan fingerprint density at radius 2 is 1.94 bits per heavy atom. The molecule has 0 radical (unpaired) electrons. The highest BCUT2D eigenvalue weighted by Gasteiger charge is 2.33. The fourth-order valence-corrected chi connectivity index (χ4v) is 1.13. The molecule has 0 aromatic heterocycles. The van der Waals surface area contributed by atoms with E-state index in [0.717, 1.165) is 18.2 Å². The topological polar surface area (TPSA) is 66.8 Å². The van der Waals surface area contributed by atoms with Crippen molar-refractivity contribution in [2.45, 2.75) is 6.36 Å². The lowest BCUT2D eigenvalue weighted by Crippen LogP contribution is -2.34. The Kier molecular flexibility index (Phi) is 3.56. The van der Waals surface area contributed by atoms with Crippen LogP contribution in [0.5, 0.6) is 5.75 Å². The zero-order valence-corrected chi connectivity index (χ0v) is 7.73. The molecule has 0 saturated heterocycles. The molecule has 0 atom stereocenters. The smallest absolute Gasteiger partial charge is 0.423 e. The van der Waals surface area contributed by atoms with E-state index in [2.05, 4.69) is 4.74 Å². The first kappa shape index (κ1) is 12.5. The Morgan fingerprint density at radius 3 is 2.38 bits per heavy atom. The normalized spacial score (nSPS) is 11.1. The van der Waals surface area contributed by atoms with E-state index in [0.29, 0.717) is 0 Å². The average molecular weight is 234 g/mol. The Hall–Kier alpha value is -1.54. The molecule has 0 fully saturated rings. The second-order valence-electron chi connectivity index (χ2n) is 2.80. The first-order chi connectivity index (χ1) is 7.35. The highest BCUT2D eigenvalue weighted by atomic mass is 19.4. The first-order valence-electron chi connectivity index (χ1n) is 4.05. The summed E-state index contributed by atoms with van der Waals surface area (Å²) in [6.07, 6.45) is -4.88. The number of carbonyl (C=O) groups is 1. The van der Waals surface area contributed by atoms with Crippen LogP contribution in [0.1, 0.15) is 10.4 Å². The van der Waals surface area contributed by atoms with Gasteiger partial charge in [-0.2, -0.15) is 0 Å². The third-order valence-electron chi connectivity index (χ3n) is 1.72. The van der Waals surface area contributed by atoms with E-state index in [1.807, 2.05) is 0 Å². The van der Waals surface area contributed by atoms with Crippen LogP contribution in [0, 0.1) is 0 Å². The highest BCUT2D eigenvalue weighted by Crippen LogP contribution is 2.24. The van der Waals surface area contributed by atoms with Gasteiger partial charge in [-0.25, -0.2) is 0 Å². The molecule has 4 nitrogen and oxygen atoms in total. The van der Waals surface area contributed by atoms with Gasteiger partial charge in [0.2, 0.25) is 0 Å². The number of benzene rings is 1. The lowest BCUT2D eigenvalue weighted by atomic mass is 9.77. The van der Waals surface area contributed by atoms with E-state index in [-0.39, 0.29) is 11.7 Å². The van der Waals surface area contributed by atoms with Crippen molar-refractivity contribution in [2.75, 3.05) is 0 Å². The van der Waals surface area contributed by atoms with Gasteiger partial charge in [0.05, 0.1) is 5.56 Å². The number of halogens is 3. The molecule has 2 N–H and O–H groups in total. The summed E-state index contributed by atoms with van der Waals surface area (Å²) in [6, 6.07) is 3.13. The minimum atomic E-state index is -4.95. The van der Waals surface area contributed by atoms with Crippen LogP contribution >= 0.6 is 0 Å². The zero-order chi connectivity index (χ0) is 12.3. The van der Waals surface area contributed by atoms with Crippen molar-refractivity contribution in [1.29, 1.82) is 0 Å². The van der Waals surface area contributed by atoms with Gasteiger partial charge in [-0.15, -0.1) is 13.2 Å². The molecule has 0 bridgehead atoms. The van der Waals surface area contributed by atoms with Gasteiger partial charge >= 0.3 is 13.5 Å². The van der Waals surface area contributed by atoms with E-state index in [4.69, 9.17) is 10.0 Å². The molecule has 0 aliphatic carbocycles. The van der Waals surface area contributed by atoms with E-state index in [9.17, 15) is 18.0 Å². The molecular formula is C8H6BF3O4. The summed E-state index contributed by atoms with van der Waals surface area (Å²) < 4.78 is 39.3. The van der Waals surface area contributed by atoms with Crippen molar-refractivity contribution in [3.05, 3.63) is 23.8 Å². The van der Waals surface area contributed by atoms with Crippen molar-refractivity contribution < 1.29 is 32.8 Å². The molecule has 0 aliphatic heterocycles. The third-order valence-corrected chi connectivity index (χ3v) is 1.72. The fraction of sp³-hybridized carbons (Fsp3) is 0.125. The number of carbonyl (C=O) groups excluding carboxylic acids is 1. The number of rotatable bonds is 3. The largest absolute Gasteiger partial charge is 0.573 e. The standard InChI is InChI=1S/C8H6BF3O4/c10-8(11,12)16-7-3-1-2-6(9(14)15)5(7)4-13/h1-4,14-15H. The number of ether oxygens (including phenoxy) is 1. The lowest BCUT2D eigenvalue weighted by molar-refractivity contribution is -0.274. The van der Waals surface area contributed by atoms with Crippen LogP contribution in [0.15, 0.2) is 18.2 Å². The molecule has 0 unspecified atom stereocenters. The van der Waals surface area contributed by atoms with Crippen LogP contribution in [-0.2, 0) is 0 Å². The van der Waals surface area contributed by atoms with E-state index < -0.39 is 24.8 Å². The molecule has 0 aliphatic rings. The summed E-state index contributed by atoms with van der Waals surface area (Å²) in [5.41, 5.74) is -0.897. The molecule has 0 saturated carbocycles. The summed E-state index contributed by atoms with van der Waals surface area (Å²) in [5, 5.41) is 17.6. The minimum absolute atomic E-state index is 0.0653. The molecule has 8 heteroatoms. The number of hydrogen-bond acceptors (Lipinski definition) is 4. The van der Waals surface area contributed by atoms with Gasteiger partial charge in [0.1, 0.15) is 5.75 Å². The van der Waals surface area contributed by atoms with Gasteiger partial charge in [-0.1, -0.05) is 12.1 Å². The predicted molar refractivity (Wildman–Crippen MR) is 48.3 cm³/mol. The van der Waals surface area contributed by atoms with Crippen molar-refractivity contribution >= 4 is 18.9 Å². The molecular weight excluding hydrogens is 228 g/mol. The van der Waals surface area contributed by atoms with Crippen LogP contribution in [0.4, 0.5) is 13.2 Å². The van der Waals surface area contributed by atoms with Crippen LogP contribution in [0.3, 0.4) is 0 Å². The summed E-state index contributed by atoms with van der Waals surface area (Å²) in [4.78, 5) is 10.6. The summed E-state index contributed by atoms with van der Waals surface area (Å²) in [5.74, 6) is -0.770. The molecule has 0 amide bonds. The highest BCUT2D eigenvalue weighted by molar-refractivity contribution is 6.60. The summed E-state index contributed by atoms with van der Waals surface area (Å²) in [6.45, 7) is 0. The molecule has 86 valence electrons. The SMILES string of the molecule is O=Cc1c(OC(F)(F)F)cccc1B(O)O. The maximum atomic E-state index is 11.9. The molecule has 0 heterocycles. The molecule has 1 aromatic carbocycles.